The molecule has 4 bridgehead atoms. The van der Waals surface area contributed by atoms with Crippen LogP contribution in [-0.2, 0) is 36.8 Å². The van der Waals surface area contributed by atoms with E-state index < -0.39 is 0 Å². The summed E-state index contributed by atoms with van der Waals surface area (Å²) in [7, 11) is 0. The van der Waals surface area contributed by atoms with Gasteiger partial charge >= 0.3 is 38.5 Å². The molecular formula is C30H45NOSiTi-4. The van der Waals surface area contributed by atoms with Crippen LogP contribution >= 0.6 is 0 Å². The van der Waals surface area contributed by atoms with Gasteiger partial charge in [0.15, 0.2) is 0 Å². The molecule has 0 spiro atoms. The van der Waals surface area contributed by atoms with E-state index in [0.717, 1.165) is 37.0 Å². The monoisotopic (exact) mass is 511 g/mol. The van der Waals surface area contributed by atoms with Crippen LogP contribution in [0.3, 0.4) is 0 Å². The molecule has 34 heavy (non-hydrogen) atoms. The van der Waals surface area contributed by atoms with Crippen LogP contribution in [0.5, 0.6) is 0 Å². The van der Waals surface area contributed by atoms with Gasteiger partial charge in [-0.15, -0.1) is 34.5 Å². The molecule has 4 heteroatoms. The minimum Gasteiger partial charge on any atom is -0.667 e. The van der Waals surface area contributed by atoms with E-state index in [-0.39, 0.29) is 32.4 Å². The zero-order valence-corrected chi connectivity index (χ0v) is 25.2. The fourth-order valence-electron chi connectivity index (χ4n) is 7.32. The molecule has 2 aromatic rings. The fourth-order valence-corrected chi connectivity index (χ4v) is 7.32. The molecule has 188 valence electrons. The molecule has 1 N–H and O–H groups in total. The first-order chi connectivity index (χ1) is 14.9. The first kappa shape index (κ1) is 29.5. The van der Waals surface area contributed by atoms with Crippen LogP contribution in [0.15, 0.2) is 24.3 Å². The van der Waals surface area contributed by atoms with Gasteiger partial charge in [0.25, 0.3) is 0 Å². The zero-order valence-electron chi connectivity index (χ0n) is 22.6. The number of benzene rings is 1. The number of hydrogen-bond donors (Lipinski definition) is 0. The Bertz CT molecular complexity index is 950. The molecule has 1 amide bonds. The van der Waals surface area contributed by atoms with Crippen molar-refractivity contribution in [2.24, 2.45) is 28.6 Å². The van der Waals surface area contributed by atoms with Gasteiger partial charge in [0, 0.05) is 5.41 Å². The van der Waals surface area contributed by atoms with Crippen LogP contribution in [0.2, 0.25) is 13.1 Å². The summed E-state index contributed by atoms with van der Waals surface area (Å²) in [5.41, 5.74) is 12.2. The van der Waals surface area contributed by atoms with Crippen LogP contribution in [0.25, 0.3) is 16.5 Å². The van der Waals surface area contributed by atoms with E-state index in [1.165, 1.54) is 48.4 Å². The summed E-state index contributed by atoms with van der Waals surface area (Å²) in [6, 6.07) is 9.38. The molecule has 4 saturated carbocycles. The van der Waals surface area contributed by atoms with E-state index in [1.54, 1.807) is 11.1 Å². The van der Waals surface area contributed by atoms with Gasteiger partial charge < -0.3 is 25.4 Å². The SMILES string of the molecule is C[Si](C)=[Ti].Cc1cc2cc3c(cc2[cH-]1)CC(C)(C)C3.[CH3-].[CH3-].[NH-]C(=O)C12CC3CC(CC(C3)C1)C2. The molecule has 7 rings (SSSR count). The Hall–Kier alpha value is -0.769. The van der Waals surface area contributed by atoms with Crippen molar-refractivity contribution < 1.29 is 24.0 Å². The second kappa shape index (κ2) is 11.1. The predicted molar refractivity (Wildman–Crippen MR) is 146 cm³/mol. The topological polar surface area (TPSA) is 40.9 Å². The Kier molecular flexibility index (Phi) is 9.61. The van der Waals surface area contributed by atoms with Crippen molar-refractivity contribution in [2.75, 3.05) is 0 Å². The standard InChI is InChI=1S/C15H17.C11H17NO.C2H6Si.2CH3.Ti/c1-10-4-11-6-13-8-15(2,3)9-14(13)7-12(11)5-10;12-10(13)11-4-7-1-8(5-11)3-9(2-7)6-11;1-3-2;;;/h4-7H,8-9H2,1-3H3;7-9H,1-6H2,(H2,12,13);1-2H3;2*1H3;/q-1;;;2*-1;/p-1. The summed E-state index contributed by atoms with van der Waals surface area (Å²) in [6.45, 7) is 11.4. The van der Waals surface area contributed by atoms with Crippen LogP contribution < -0.4 is 0 Å². The van der Waals surface area contributed by atoms with Gasteiger partial charge in [-0.05, 0) is 74.5 Å². The summed E-state index contributed by atoms with van der Waals surface area (Å²) >= 11 is 2.27. The number of carbonyl (C=O) groups is 1. The molecule has 0 aromatic heterocycles. The molecule has 5 aliphatic carbocycles. The quantitative estimate of drug-likeness (QED) is 0.280. The summed E-state index contributed by atoms with van der Waals surface area (Å²) in [5.74, 6) is 2.12. The number of aryl methyl sites for hydroxylation is 1. The van der Waals surface area contributed by atoms with Gasteiger partial charge in [-0.25, -0.2) is 0 Å². The number of nitrogens with one attached hydrogen (secondary N) is 1. The molecule has 5 aliphatic rings. The zero-order chi connectivity index (χ0) is 23.3. The molecule has 2 nitrogen and oxygen atoms in total. The molecule has 0 atom stereocenters. The Labute approximate surface area is 221 Å². The Balaban J connectivity index is 0.000000199. The first-order valence-corrected chi connectivity index (χ1v) is 17.3. The maximum Gasteiger partial charge on any atom is 0.0550 e. The van der Waals surface area contributed by atoms with Crippen LogP contribution in [-0.4, -0.2) is 12.1 Å². The molecular weight excluding hydrogens is 466 g/mol. The van der Waals surface area contributed by atoms with E-state index in [0.29, 0.717) is 5.41 Å². The smallest absolute Gasteiger partial charge is 0.0550 e. The number of carbonyl (C=O) groups excluding carboxylic acids is 1. The molecule has 4 fully saturated rings. The van der Waals surface area contributed by atoms with Crippen molar-refractivity contribution >= 4 is 22.9 Å². The van der Waals surface area contributed by atoms with E-state index in [2.05, 4.69) is 77.3 Å². The van der Waals surface area contributed by atoms with Crippen molar-refractivity contribution in [3.05, 3.63) is 61.5 Å². The van der Waals surface area contributed by atoms with Crippen LogP contribution in [0.1, 0.15) is 69.1 Å². The van der Waals surface area contributed by atoms with Crippen molar-refractivity contribution in [3.8, 4) is 0 Å². The number of rotatable bonds is 1. The van der Waals surface area contributed by atoms with Gasteiger partial charge in [-0.3, -0.25) is 0 Å². The van der Waals surface area contributed by atoms with Crippen molar-refractivity contribution in [2.45, 2.75) is 85.2 Å². The molecule has 0 saturated heterocycles. The Morgan fingerprint density at radius 3 is 1.85 bits per heavy atom. The van der Waals surface area contributed by atoms with Gasteiger partial charge in [0.05, 0.1) is 5.91 Å². The summed E-state index contributed by atoms with van der Waals surface area (Å²) < 4.78 is 0. The maximum atomic E-state index is 11.4. The predicted octanol–water partition coefficient (Wildman–Crippen LogP) is 8.46. The second-order valence-corrected chi connectivity index (χ2v) is 19.0. The number of hydrogen-bond acceptors (Lipinski definition) is 1. The molecule has 0 aliphatic heterocycles. The van der Waals surface area contributed by atoms with Crippen molar-refractivity contribution in [1.29, 1.82) is 0 Å². The van der Waals surface area contributed by atoms with Crippen LogP contribution in [0.4, 0.5) is 0 Å². The van der Waals surface area contributed by atoms with E-state index in [9.17, 15) is 4.79 Å². The van der Waals surface area contributed by atoms with E-state index in [1.807, 2.05) is 0 Å². The minimum atomic E-state index is -0.258. The summed E-state index contributed by atoms with van der Waals surface area (Å²) in [5, 5.41) is 2.84. The van der Waals surface area contributed by atoms with E-state index >= 15 is 0 Å². The average Bonchev–Trinajstić information content (AvgIpc) is 3.13. The van der Waals surface area contributed by atoms with Crippen molar-refractivity contribution in [3.63, 3.8) is 0 Å². The van der Waals surface area contributed by atoms with Gasteiger partial charge in [-0.1, -0.05) is 31.9 Å². The molecule has 0 heterocycles. The van der Waals surface area contributed by atoms with Crippen LogP contribution in [0, 0.1) is 50.4 Å². The largest absolute Gasteiger partial charge is 0.667 e. The van der Waals surface area contributed by atoms with Gasteiger partial charge in [0.1, 0.15) is 0 Å². The van der Waals surface area contributed by atoms with Crippen molar-refractivity contribution in [1.82, 2.24) is 0 Å². The second-order valence-electron chi connectivity index (χ2n) is 12.3. The third-order valence-electron chi connectivity index (χ3n) is 8.03. The Morgan fingerprint density at radius 2 is 1.41 bits per heavy atom. The normalized spacial score (nSPS) is 28.9. The summed E-state index contributed by atoms with van der Waals surface area (Å²) in [6.07, 6.45) is 9.79. The summed E-state index contributed by atoms with van der Waals surface area (Å²) in [4.78, 5) is 11.4. The Morgan fingerprint density at radius 1 is 0.971 bits per heavy atom. The van der Waals surface area contributed by atoms with E-state index in [4.69, 9.17) is 5.73 Å². The maximum absolute atomic E-state index is 11.4. The third kappa shape index (κ3) is 6.51. The number of amides is 1. The molecule has 2 aromatic carbocycles. The third-order valence-corrected chi connectivity index (χ3v) is 8.03. The number of fused-ring (bicyclic) bond motifs is 2. The average molecular weight is 512 g/mol. The fraction of sp³-hybridized carbons (Fsp3) is 0.600. The van der Waals surface area contributed by atoms with Gasteiger partial charge in [0.2, 0.25) is 0 Å². The molecule has 0 unspecified atom stereocenters. The molecule has 0 radical (unpaired) electrons. The minimum absolute atomic E-state index is 0. The van der Waals surface area contributed by atoms with Gasteiger partial charge in [-0.2, -0.15) is 6.07 Å². The first-order valence-electron chi connectivity index (χ1n) is 12.4.